The molecule has 0 saturated carbocycles. The minimum absolute atomic E-state index is 0.0116. The van der Waals surface area contributed by atoms with Gasteiger partial charge < -0.3 is 44.3 Å². The third-order valence-corrected chi connectivity index (χ3v) is 14.0. The Bertz CT molecular complexity index is 3070. The molecule has 7 rings (SSSR count). The molecule has 1 saturated heterocycles. The number of ether oxygens (including phenoxy) is 4. The second kappa shape index (κ2) is 28.6. The standard InChI is InChI=1S/C65H86N8O10/c1-11-80-59(76)46-70(43-56-53-26-18-14-22-49(53)41-50-23-15-19-27-54(50)56)31-29-67-58(75)45-69(42-55-51-24-16-12-20-47(51)40-48-21-13-17-25-52(48)55)30-28-66-57(74)44-68-32-34-71(60(77)81-63(2,3)4)36-38-73(62(79)83-65(8,9)10)39-37-72(35-33-68)61(78)82-64(5,6)7/h12-27,40-41H,11,28-39,42-46H2,1-10H3,(H,66,74)(H,67,75). The summed E-state index contributed by atoms with van der Waals surface area (Å²) in [7, 11) is 0. The quantitative estimate of drug-likeness (QED) is 0.0501. The average molecular weight is 1140 g/mol. The summed E-state index contributed by atoms with van der Waals surface area (Å²) < 4.78 is 22.8. The topological polar surface area (TPSA) is 183 Å². The number of hydrogen-bond donors (Lipinski definition) is 2. The van der Waals surface area contributed by atoms with Gasteiger partial charge in [-0.1, -0.05) is 97.1 Å². The second-order valence-corrected chi connectivity index (χ2v) is 24.2. The summed E-state index contributed by atoms with van der Waals surface area (Å²) in [4.78, 5) is 93.1. The molecule has 18 nitrogen and oxygen atoms in total. The number of hydrogen-bond acceptors (Lipinski definition) is 13. The zero-order valence-electron chi connectivity index (χ0n) is 50.4. The van der Waals surface area contributed by atoms with Crippen LogP contribution in [0.3, 0.4) is 0 Å². The molecule has 0 atom stereocenters. The number of rotatable bonds is 17. The third kappa shape index (κ3) is 19.3. The van der Waals surface area contributed by atoms with Crippen LogP contribution in [0.15, 0.2) is 109 Å². The van der Waals surface area contributed by atoms with Gasteiger partial charge in [0.2, 0.25) is 11.8 Å². The molecule has 0 spiro atoms. The first-order valence-corrected chi connectivity index (χ1v) is 29.0. The van der Waals surface area contributed by atoms with Crippen molar-refractivity contribution in [3.8, 4) is 0 Å². The van der Waals surface area contributed by atoms with Gasteiger partial charge in [0.1, 0.15) is 16.8 Å². The minimum Gasteiger partial charge on any atom is -0.465 e. The van der Waals surface area contributed by atoms with Gasteiger partial charge in [-0.25, -0.2) is 14.4 Å². The number of amides is 5. The number of carbonyl (C=O) groups excluding carboxylic acids is 6. The van der Waals surface area contributed by atoms with E-state index in [1.165, 1.54) is 14.7 Å². The number of nitrogens with zero attached hydrogens (tertiary/aromatic N) is 6. The van der Waals surface area contributed by atoms with Crippen LogP contribution in [-0.2, 0) is 46.4 Å². The molecule has 5 amide bonds. The van der Waals surface area contributed by atoms with Gasteiger partial charge in [-0.15, -0.1) is 0 Å². The van der Waals surface area contributed by atoms with Crippen LogP contribution in [-0.4, -0.2) is 187 Å². The highest BCUT2D eigenvalue weighted by Gasteiger charge is 2.30. The van der Waals surface area contributed by atoms with E-state index in [0.29, 0.717) is 26.2 Å². The molecule has 2 N–H and O–H groups in total. The van der Waals surface area contributed by atoms with E-state index in [-0.39, 0.29) is 109 Å². The number of benzene rings is 6. The van der Waals surface area contributed by atoms with Gasteiger partial charge in [-0.05, 0) is 136 Å². The molecule has 18 heteroatoms. The predicted octanol–water partition coefficient (Wildman–Crippen LogP) is 9.43. The Morgan fingerprint density at radius 1 is 0.458 bits per heavy atom. The molecule has 0 radical (unpaired) electrons. The first kappa shape index (κ1) is 63.0. The fourth-order valence-corrected chi connectivity index (χ4v) is 10.2. The van der Waals surface area contributed by atoms with Crippen molar-refractivity contribution in [3.05, 3.63) is 120 Å². The molecule has 1 heterocycles. The second-order valence-electron chi connectivity index (χ2n) is 24.2. The van der Waals surface area contributed by atoms with Gasteiger partial charge >= 0.3 is 24.2 Å². The van der Waals surface area contributed by atoms with Crippen molar-refractivity contribution in [2.45, 2.75) is 99.1 Å². The molecular weight excluding hydrogens is 1050 g/mol. The number of nitrogens with one attached hydrogen (secondary N) is 2. The smallest absolute Gasteiger partial charge is 0.410 e. The Morgan fingerprint density at radius 3 is 1.13 bits per heavy atom. The van der Waals surface area contributed by atoms with Crippen molar-refractivity contribution in [2.75, 3.05) is 105 Å². The van der Waals surface area contributed by atoms with Crippen LogP contribution in [0.5, 0.6) is 0 Å². The fraction of sp³-hybridized carbons (Fsp3) is 0.477. The lowest BCUT2D eigenvalue weighted by Gasteiger charge is -2.35. The molecule has 0 bridgehead atoms. The Balaban J connectivity index is 1.08. The van der Waals surface area contributed by atoms with Crippen LogP contribution < -0.4 is 10.6 Å². The zero-order chi connectivity index (χ0) is 59.9. The monoisotopic (exact) mass is 1140 g/mol. The Hall–Kier alpha value is -7.54. The highest BCUT2D eigenvalue weighted by molar-refractivity contribution is 6.03. The summed E-state index contributed by atoms with van der Waals surface area (Å²) in [6, 6.07) is 37.2. The highest BCUT2D eigenvalue weighted by atomic mass is 16.6. The largest absolute Gasteiger partial charge is 0.465 e. The molecule has 446 valence electrons. The lowest BCUT2D eigenvalue weighted by atomic mass is 9.96. The zero-order valence-corrected chi connectivity index (χ0v) is 50.4. The van der Waals surface area contributed by atoms with Crippen molar-refractivity contribution in [1.29, 1.82) is 0 Å². The van der Waals surface area contributed by atoms with E-state index in [9.17, 15) is 28.8 Å². The molecule has 0 aliphatic carbocycles. The molecule has 83 heavy (non-hydrogen) atoms. The average Bonchev–Trinajstić information content (AvgIpc) is 3.33. The van der Waals surface area contributed by atoms with Gasteiger partial charge in [0.25, 0.3) is 0 Å². The van der Waals surface area contributed by atoms with E-state index >= 15 is 0 Å². The van der Waals surface area contributed by atoms with Gasteiger partial charge in [0.15, 0.2) is 0 Å². The van der Waals surface area contributed by atoms with Crippen molar-refractivity contribution in [2.24, 2.45) is 0 Å². The van der Waals surface area contributed by atoms with Crippen molar-refractivity contribution in [1.82, 2.24) is 40.0 Å². The molecule has 1 fully saturated rings. The Labute approximate surface area is 489 Å². The van der Waals surface area contributed by atoms with Crippen LogP contribution >= 0.6 is 0 Å². The Kier molecular flexibility index (Phi) is 21.8. The van der Waals surface area contributed by atoms with E-state index in [0.717, 1.165) is 54.2 Å². The SMILES string of the molecule is CCOC(=O)CN(CCNC(=O)CN(CCNC(=O)CN1CCN(C(=O)OC(C)(C)C)CCN(C(=O)OC(C)(C)C)CCN(C(=O)OC(C)(C)C)CC1)Cc1c2ccccc2cc2ccccc12)Cc1c2ccccc2cc2ccccc12. The van der Waals surface area contributed by atoms with Gasteiger partial charge in [0.05, 0.1) is 26.2 Å². The summed E-state index contributed by atoms with van der Waals surface area (Å²) in [6.45, 7) is 21.2. The highest BCUT2D eigenvalue weighted by Crippen LogP contribution is 2.31. The maximum Gasteiger partial charge on any atom is 0.410 e. The maximum atomic E-state index is 14.3. The summed E-state index contributed by atoms with van der Waals surface area (Å²) in [5.41, 5.74) is -0.236. The molecule has 0 unspecified atom stereocenters. The van der Waals surface area contributed by atoms with E-state index in [1.54, 1.807) is 69.2 Å². The van der Waals surface area contributed by atoms with Crippen molar-refractivity contribution in [3.63, 3.8) is 0 Å². The molecule has 6 aromatic rings. The molecule has 6 aromatic carbocycles. The first-order valence-electron chi connectivity index (χ1n) is 29.0. The molecular formula is C65H86N8O10. The van der Waals surface area contributed by atoms with Crippen LogP contribution in [0.25, 0.3) is 43.1 Å². The third-order valence-electron chi connectivity index (χ3n) is 14.0. The number of fused-ring (bicyclic) bond motifs is 4. The fourth-order valence-electron chi connectivity index (χ4n) is 10.2. The van der Waals surface area contributed by atoms with Crippen molar-refractivity contribution < 1.29 is 47.7 Å². The van der Waals surface area contributed by atoms with Gasteiger partial charge in [-0.2, -0.15) is 0 Å². The van der Waals surface area contributed by atoms with Gasteiger partial charge in [0, 0.05) is 91.6 Å². The predicted molar refractivity (Wildman–Crippen MR) is 326 cm³/mol. The maximum absolute atomic E-state index is 14.3. The lowest BCUT2D eigenvalue weighted by molar-refractivity contribution is -0.144. The first-order chi connectivity index (χ1) is 39.4. The summed E-state index contributed by atoms with van der Waals surface area (Å²) >= 11 is 0. The van der Waals surface area contributed by atoms with E-state index in [1.807, 2.05) is 63.2 Å². The molecule has 1 aliphatic rings. The van der Waals surface area contributed by atoms with E-state index in [4.69, 9.17) is 18.9 Å². The minimum atomic E-state index is -0.796. The Morgan fingerprint density at radius 2 is 0.783 bits per heavy atom. The summed E-state index contributed by atoms with van der Waals surface area (Å²) in [6.07, 6.45) is -1.71. The van der Waals surface area contributed by atoms with Crippen LogP contribution in [0.2, 0.25) is 0 Å². The van der Waals surface area contributed by atoms with Crippen molar-refractivity contribution >= 4 is 79.2 Å². The molecule has 0 aromatic heterocycles. The lowest BCUT2D eigenvalue weighted by Crippen LogP contribution is -2.52. The number of carbonyl (C=O) groups is 6. The van der Waals surface area contributed by atoms with E-state index < -0.39 is 35.1 Å². The van der Waals surface area contributed by atoms with Crippen LogP contribution in [0.1, 0.15) is 80.4 Å². The molecule has 1 aliphatic heterocycles. The normalized spacial score (nSPS) is 14.4. The summed E-state index contributed by atoms with van der Waals surface area (Å²) in [5.74, 6) is -0.854. The van der Waals surface area contributed by atoms with Crippen LogP contribution in [0, 0.1) is 0 Å². The van der Waals surface area contributed by atoms with Gasteiger partial charge in [-0.3, -0.25) is 29.1 Å². The number of esters is 1. The van der Waals surface area contributed by atoms with E-state index in [2.05, 4.69) is 71.3 Å². The van der Waals surface area contributed by atoms with Crippen LogP contribution in [0.4, 0.5) is 14.4 Å². The summed E-state index contributed by atoms with van der Waals surface area (Å²) in [5, 5.41) is 14.9.